The van der Waals surface area contributed by atoms with Crippen molar-refractivity contribution in [2.24, 2.45) is 5.92 Å². The molecule has 2 fully saturated rings. The maximum atomic E-state index is 9.52. The summed E-state index contributed by atoms with van der Waals surface area (Å²) in [4.78, 5) is 4.90. The summed E-state index contributed by atoms with van der Waals surface area (Å²) in [5.74, 6) is 0.737. The van der Waals surface area contributed by atoms with E-state index in [4.69, 9.17) is 4.74 Å². The van der Waals surface area contributed by atoms with Gasteiger partial charge in [-0.05, 0) is 32.6 Å². The quantitative estimate of drug-likeness (QED) is 0.813. The Morgan fingerprint density at radius 2 is 1.95 bits per heavy atom. The fourth-order valence-electron chi connectivity index (χ4n) is 3.75. The second-order valence-electron chi connectivity index (χ2n) is 7.16. The van der Waals surface area contributed by atoms with Crippen LogP contribution in [0.5, 0.6) is 0 Å². The zero-order chi connectivity index (χ0) is 15.2. The van der Waals surface area contributed by atoms with Crippen molar-refractivity contribution in [3.63, 3.8) is 0 Å². The molecule has 1 aliphatic heterocycles. The van der Waals surface area contributed by atoms with Crippen molar-refractivity contribution in [3.8, 4) is 0 Å². The average molecular weight is 298 g/mol. The Kier molecular flexibility index (Phi) is 6.93. The molecule has 2 aliphatic rings. The van der Waals surface area contributed by atoms with E-state index in [0.717, 1.165) is 45.2 Å². The monoisotopic (exact) mass is 298 g/mol. The molecule has 1 N–H and O–H groups in total. The molecular weight excluding hydrogens is 264 g/mol. The van der Waals surface area contributed by atoms with Crippen molar-refractivity contribution < 1.29 is 9.84 Å². The van der Waals surface area contributed by atoms with Gasteiger partial charge >= 0.3 is 0 Å². The van der Waals surface area contributed by atoms with Gasteiger partial charge in [-0.3, -0.25) is 9.80 Å². The molecule has 1 heterocycles. The Hall–Kier alpha value is -0.160. The van der Waals surface area contributed by atoms with Gasteiger partial charge in [0.15, 0.2) is 0 Å². The van der Waals surface area contributed by atoms with Gasteiger partial charge in [-0.2, -0.15) is 0 Å². The van der Waals surface area contributed by atoms with Crippen LogP contribution in [-0.4, -0.2) is 72.5 Å². The Balaban J connectivity index is 1.63. The molecule has 0 amide bonds. The van der Waals surface area contributed by atoms with Crippen LogP contribution >= 0.6 is 0 Å². The van der Waals surface area contributed by atoms with E-state index >= 15 is 0 Å². The van der Waals surface area contributed by atoms with Crippen LogP contribution in [-0.2, 0) is 4.74 Å². The summed E-state index contributed by atoms with van der Waals surface area (Å²) < 4.78 is 6.13. The second kappa shape index (κ2) is 8.47. The lowest BCUT2D eigenvalue weighted by Gasteiger charge is -2.40. The third-order valence-electron chi connectivity index (χ3n) is 5.12. The molecule has 124 valence electrons. The molecule has 0 spiro atoms. The highest BCUT2D eigenvalue weighted by atomic mass is 16.5. The standard InChI is InChI=1S/C17H34N2O2/c1-14-6-4-5-7-17(14)21-11-10-18-8-9-19(13-16(3)20)15(2)12-18/h14-17,20H,4-13H2,1-3H3/t14-,15-,16-,17+/m0/s1. The van der Waals surface area contributed by atoms with E-state index in [0.29, 0.717) is 12.1 Å². The van der Waals surface area contributed by atoms with E-state index in [9.17, 15) is 5.11 Å². The normalized spacial score (nSPS) is 34.0. The molecule has 0 unspecified atom stereocenters. The summed E-state index contributed by atoms with van der Waals surface area (Å²) in [6.07, 6.45) is 5.57. The van der Waals surface area contributed by atoms with Gasteiger partial charge in [-0.1, -0.05) is 19.8 Å². The van der Waals surface area contributed by atoms with Crippen LogP contribution in [0.15, 0.2) is 0 Å². The Labute approximate surface area is 130 Å². The van der Waals surface area contributed by atoms with Gasteiger partial charge < -0.3 is 9.84 Å². The molecule has 0 aromatic heterocycles. The number of piperazine rings is 1. The van der Waals surface area contributed by atoms with Crippen molar-refractivity contribution in [1.29, 1.82) is 0 Å². The summed E-state index contributed by atoms with van der Waals surface area (Å²) in [6.45, 7) is 12.4. The maximum Gasteiger partial charge on any atom is 0.0639 e. The molecule has 0 radical (unpaired) electrons. The summed E-state index contributed by atoms with van der Waals surface area (Å²) in [6, 6.07) is 0.530. The van der Waals surface area contributed by atoms with Gasteiger partial charge in [0.1, 0.15) is 0 Å². The highest BCUT2D eigenvalue weighted by molar-refractivity contribution is 4.80. The zero-order valence-electron chi connectivity index (χ0n) is 14.1. The fraction of sp³-hybridized carbons (Fsp3) is 1.00. The first kappa shape index (κ1) is 17.2. The van der Waals surface area contributed by atoms with E-state index in [-0.39, 0.29) is 6.10 Å². The lowest BCUT2D eigenvalue weighted by molar-refractivity contribution is -0.0241. The number of β-amino-alcohol motifs (C(OH)–C–C–N with tert-alkyl or cyclic N) is 1. The summed E-state index contributed by atoms with van der Waals surface area (Å²) >= 11 is 0. The van der Waals surface area contributed by atoms with E-state index in [2.05, 4.69) is 23.6 Å². The Morgan fingerprint density at radius 3 is 2.62 bits per heavy atom. The number of hydrogen-bond donors (Lipinski definition) is 1. The van der Waals surface area contributed by atoms with Gasteiger partial charge in [0.05, 0.1) is 18.8 Å². The molecule has 4 heteroatoms. The first-order chi connectivity index (χ1) is 10.1. The van der Waals surface area contributed by atoms with Gasteiger partial charge in [-0.15, -0.1) is 0 Å². The van der Waals surface area contributed by atoms with Gasteiger partial charge in [0.2, 0.25) is 0 Å². The number of nitrogens with zero attached hydrogens (tertiary/aromatic N) is 2. The molecule has 0 aromatic carbocycles. The fourth-order valence-corrected chi connectivity index (χ4v) is 3.75. The van der Waals surface area contributed by atoms with E-state index in [1.165, 1.54) is 25.7 Å². The summed E-state index contributed by atoms with van der Waals surface area (Å²) in [5, 5.41) is 9.52. The van der Waals surface area contributed by atoms with Gasteiger partial charge in [0.25, 0.3) is 0 Å². The molecule has 1 saturated heterocycles. The first-order valence-corrected chi connectivity index (χ1v) is 8.82. The van der Waals surface area contributed by atoms with Crippen molar-refractivity contribution in [2.75, 3.05) is 39.3 Å². The molecule has 0 bridgehead atoms. The van der Waals surface area contributed by atoms with Crippen LogP contribution in [0, 0.1) is 5.92 Å². The number of hydrogen-bond acceptors (Lipinski definition) is 4. The predicted octanol–water partition coefficient (Wildman–Crippen LogP) is 1.97. The Bertz CT molecular complexity index is 299. The number of rotatable bonds is 6. The number of ether oxygens (including phenoxy) is 1. The zero-order valence-corrected chi connectivity index (χ0v) is 14.1. The molecule has 4 nitrogen and oxygen atoms in total. The van der Waals surface area contributed by atoms with Gasteiger partial charge in [0, 0.05) is 38.8 Å². The molecule has 4 atom stereocenters. The average Bonchev–Trinajstić information content (AvgIpc) is 2.43. The SMILES string of the molecule is C[C@H](O)CN1CCN(CCO[C@@H]2CCCC[C@@H]2C)C[C@@H]1C. The largest absolute Gasteiger partial charge is 0.392 e. The van der Waals surface area contributed by atoms with Crippen molar-refractivity contribution in [2.45, 2.75) is 64.7 Å². The lowest BCUT2D eigenvalue weighted by atomic mass is 9.88. The Morgan fingerprint density at radius 1 is 1.19 bits per heavy atom. The molecular formula is C17H34N2O2. The van der Waals surface area contributed by atoms with Gasteiger partial charge in [-0.25, -0.2) is 0 Å². The van der Waals surface area contributed by atoms with Crippen molar-refractivity contribution >= 4 is 0 Å². The number of aliphatic hydroxyl groups is 1. The van der Waals surface area contributed by atoms with E-state index < -0.39 is 0 Å². The molecule has 2 rings (SSSR count). The van der Waals surface area contributed by atoms with Crippen LogP contribution in [0.25, 0.3) is 0 Å². The van der Waals surface area contributed by atoms with Crippen LogP contribution < -0.4 is 0 Å². The maximum absolute atomic E-state index is 9.52. The van der Waals surface area contributed by atoms with Crippen LogP contribution in [0.1, 0.15) is 46.5 Å². The minimum atomic E-state index is -0.227. The summed E-state index contributed by atoms with van der Waals surface area (Å²) in [7, 11) is 0. The highest BCUT2D eigenvalue weighted by Crippen LogP contribution is 2.26. The van der Waals surface area contributed by atoms with Crippen LogP contribution in [0.4, 0.5) is 0 Å². The number of aliphatic hydroxyl groups excluding tert-OH is 1. The molecule has 21 heavy (non-hydrogen) atoms. The third-order valence-corrected chi connectivity index (χ3v) is 5.12. The minimum Gasteiger partial charge on any atom is -0.392 e. The smallest absolute Gasteiger partial charge is 0.0639 e. The lowest BCUT2D eigenvalue weighted by Crippen LogP contribution is -2.54. The van der Waals surface area contributed by atoms with E-state index in [1.54, 1.807) is 0 Å². The molecule has 1 aliphatic carbocycles. The molecule has 1 saturated carbocycles. The first-order valence-electron chi connectivity index (χ1n) is 8.82. The summed E-state index contributed by atoms with van der Waals surface area (Å²) in [5.41, 5.74) is 0. The third kappa shape index (κ3) is 5.51. The minimum absolute atomic E-state index is 0.227. The topological polar surface area (TPSA) is 35.9 Å². The highest BCUT2D eigenvalue weighted by Gasteiger charge is 2.25. The molecule has 0 aromatic rings. The van der Waals surface area contributed by atoms with Crippen molar-refractivity contribution in [3.05, 3.63) is 0 Å². The van der Waals surface area contributed by atoms with Crippen LogP contribution in [0.3, 0.4) is 0 Å². The van der Waals surface area contributed by atoms with E-state index in [1.807, 2.05) is 6.92 Å². The predicted molar refractivity (Wildman–Crippen MR) is 86.5 cm³/mol. The van der Waals surface area contributed by atoms with Crippen LogP contribution in [0.2, 0.25) is 0 Å². The van der Waals surface area contributed by atoms with Crippen molar-refractivity contribution in [1.82, 2.24) is 9.80 Å². The second-order valence-corrected chi connectivity index (χ2v) is 7.16.